The molecule has 0 saturated heterocycles. The summed E-state index contributed by atoms with van der Waals surface area (Å²) < 4.78 is 40.0. The van der Waals surface area contributed by atoms with E-state index in [1.54, 1.807) is 24.3 Å². The van der Waals surface area contributed by atoms with Gasteiger partial charge in [-0.15, -0.1) is 0 Å². The molecular formula is C19H20ClNO4S. The molecule has 0 aromatic heterocycles. The summed E-state index contributed by atoms with van der Waals surface area (Å²) in [5, 5.41) is 0.633. The van der Waals surface area contributed by atoms with E-state index in [4.69, 9.17) is 21.1 Å². The number of sulfonamides is 1. The third-order valence-electron chi connectivity index (χ3n) is 4.63. The molecule has 0 unspecified atom stereocenters. The van der Waals surface area contributed by atoms with Crippen LogP contribution in [0.3, 0.4) is 0 Å². The first-order valence-corrected chi connectivity index (χ1v) is 10.6. The fourth-order valence-electron chi connectivity index (χ4n) is 3.08. The van der Waals surface area contributed by atoms with Gasteiger partial charge in [-0.05, 0) is 48.6 Å². The number of hydrogen-bond acceptors (Lipinski definition) is 4. The van der Waals surface area contributed by atoms with Crippen LogP contribution in [0.25, 0.3) is 0 Å². The highest BCUT2D eigenvalue weighted by Crippen LogP contribution is 2.42. The molecule has 26 heavy (non-hydrogen) atoms. The maximum Gasteiger partial charge on any atom is 0.241 e. The highest BCUT2D eigenvalue weighted by molar-refractivity contribution is 7.89. The molecule has 1 atom stereocenters. The highest BCUT2D eigenvalue weighted by atomic mass is 35.5. The van der Waals surface area contributed by atoms with Crippen molar-refractivity contribution in [1.29, 1.82) is 0 Å². The van der Waals surface area contributed by atoms with E-state index in [0.29, 0.717) is 35.7 Å². The van der Waals surface area contributed by atoms with Gasteiger partial charge in [0, 0.05) is 23.6 Å². The Bertz CT molecular complexity index is 894. The Labute approximate surface area is 158 Å². The number of fused-ring (bicyclic) bond motifs is 1. The van der Waals surface area contributed by atoms with Crippen molar-refractivity contribution in [3.8, 4) is 11.5 Å². The summed E-state index contributed by atoms with van der Waals surface area (Å²) in [5.41, 5.74) is 0.926. The lowest BCUT2D eigenvalue weighted by Crippen LogP contribution is -2.30. The number of halogens is 1. The fraction of sp³-hybridized carbons (Fsp3) is 0.368. The second-order valence-corrected chi connectivity index (χ2v) is 8.80. The van der Waals surface area contributed by atoms with E-state index in [1.807, 2.05) is 12.1 Å². The molecule has 1 fully saturated rings. The molecule has 0 radical (unpaired) electrons. The van der Waals surface area contributed by atoms with Crippen LogP contribution in [-0.2, 0) is 10.0 Å². The van der Waals surface area contributed by atoms with Gasteiger partial charge < -0.3 is 9.47 Å². The second kappa shape index (κ2) is 7.10. The van der Waals surface area contributed by atoms with Crippen LogP contribution < -0.4 is 14.2 Å². The lowest BCUT2D eigenvalue weighted by molar-refractivity contribution is 0.297. The average Bonchev–Trinajstić information content (AvgIpc) is 3.47. The number of nitrogens with one attached hydrogen (secondary N) is 1. The van der Waals surface area contributed by atoms with Crippen LogP contribution in [0.15, 0.2) is 47.4 Å². The largest absolute Gasteiger partial charge is 0.490 e. The molecule has 4 rings (SSSR count). The zero-order valence-corrected chi connectivity index (χ0v) is 15.7. The molecule has 5 nitrogen and oxygen atoms in total. The van der Waals surface area contributed by atoms with E-state index in [1.165, 1.54) is 6.07 Å². The maximum atomic E-state index is 13.0. The standard InChI is InChI=1S/C19H20ClNO4S/c20-15-6-4-14(5-7-15)19(13-2-3-13)21-26(22,23)16-8-9-17-18(12-16)25-11-1-10-24-17/h4-9,12-13,19,21H,1-3,10-11H2/t19-/m0/s1. The van der Waals surface area contributed by atoms with Crippen molar-refractivity contribution < 1.29 is 17.9 Å². The van der Waals surface area contributed by atoms with Crippen molar-refractivity contribution in [2.24, 2.45) is 5.92 Å². The zero-order valence-electron chi connectivity index (χ0n) is 14.2. The van der Waals surface area contributed by atoms with Gasteiger partial charge in [0.1, 0.15) is 0 Å². The predicted octanol–water partition coefficient (Wildman–Crippen LogP) is 3.93. The lowest BCUT2D eigenvalue weighted by Gasteiger charge is -2.19. The molecule has 1 aliphatic carbocycles. The SMILES string of the molecule is O=S(=O)(N[C@H](c1ccc(Cl)cc1)C1CC1)c1ccc2c(c1)OCCCO2. The van der Waals surface area contributed by atoms with Crippen molar-refractivity contribution in [1.82, 2.24) is 4.72 Å². The summed E-state index contributed by atoms with van der Waals surface area (Å²) >= 11 is 5.96. The molecule has 0 spiro atoms. The monoisotopic (exact) mass is 393 g/mol. The Morgan fingerprint density at radius 2 is 1.69 bits per heavy atom. The van der Waals surface area contributed by atoms with Crippen molar-refractivity contribution in [2.75, 3.05) is 13.2 Å². The van der Waals surface area contributed by atoms with Crippen molar-refractivity contribution >= 4 is 21.6 Å². The first-order valence-electron chi connectivity index (χ1n) is 8.70. The van der Waals surface area contributed by atoms with E-state index in [0.717, 1.165) is 24.8 Å². The van der Waals surface area contributed by atoms with E-state index >= 15 is 0 Å². The molecule has 1 saturated carbocycles. The van der Waals surface area contributed by atoms with Gasteiger partial charge in [0.25, 0.3) is 0 Å². The molecule has 2 aliphatic rings. The Hall–Kier alpha value is -1.76. The molecule has 1 heterocycles. The van der Waals surface area contributed by atoms with Gasteiger partial charge in [-0.25, -0.2) is 13.1 Å². The van der Waals surface area contributed by atoms with E-state index in [9.17, 15) is 8.42 Å². The van der Waals surface area contributed by atoms with Crippen molar-refractivity contribution in [3.63, 3.8) is 0 Å². The minimum atomic E-state index is -3.69. The van der Waals surface area contributed by atoms with Gasteiger partial charge in [-0.3, -0.25) is 0 Å². The molecule has 1 N–H and O–H groups in total. The summed E-state index contributed by atoms with van der Waals surface area (Å²) in [6.45, 7) is 1.08. The Balaban J connectivity index is 1.61. The van der Waals surface area contributed by atoms with Crippen LogP contribution >= 0.6 is 11.6 Å². The second-order valence-electron chi connectivity index (χ2n) is 6.65. The van der Waals surface area contributed by atoms with Gasteiger partial charge in [0.05, 0.1) is 18.1 Å². The Kier molecular flexibility index (Phi) is 4.82. The topological polar surface area (TPSA) is 64.6 Å². The third kappa shape index (κ3) is 3.82. The molecule has 0 amide bonds. The van der Waals surface area contributed by atoms with Gasteiger partial charge in [-0.1, -0.05) is 23.7 Å². The summed E-state index contributed by atoms with van der Waals surface area (Å²) in [6, 6.07) is 11.8. The summed E-state index contributed by atoms with van der Waals surface area (Å²) in [6.07, 6.45) is 2.79. The normalized spacial score (nSPS) is 18.2. The molecule has 0 bridgehead atoms. The first kappa shape index (κ1) is 17.6. The molecular weight excluding hydrogens is 374 g/mol. The van der Waals surface area contributed by atoms with E-state index in [-0.39, 0.29) is 10.9 Å². The van der Waals surface area contributed by atoms with Crippen LogP contribution in [0.1, 0.15) is 30.9 Å². The zero-order chi connectivity index (χ0) is 18.1. The minimum Gasteiger partial charge on any atom is -0.490 e. The van der Waals surface area contributed by atoms with Gasteiger partial charge in [-0.2, -0.15) is 0 Å². The molecule has 7 heteroatoms. The first-order chi connectivity index (χ1) is 12.5. The number of benzene rings is 2. The van der Waals surface area contributed by atoms with Crippen molar-refractivity contribution in [3.05, 3.63) is 53.1 Å². The van der Waals surface area contributed by atoms with Gasteiger partial charge in [0.15, 0.2) is 11.5 Å². The van der Waals surface area contributed by atoms with Crippen LogP contribution in [0.2, 0.25) is 5.02 Å². The number of hydrogen-bond donors (Lipinski definition) is 1. The highest BCUT2D eigenvalue weighted by Gasteiger charge is 2.35. The predicted molar refractivity (Wildman–Crippen MR) is 99.3 cm³/mol. The van der Waals surface area contributed by atoms with Crippen LogP contribution in [-0.4, -0.2) is 21.6 Å². The summed E-state index contributed by atoms with van der Waals surface area (Å²) in [5.74, 6) is 1.36. The molecule has 138 valence electrons. The Morgan fingerprint density at radius 3 is 2.38 bits per heavy atom. The quantitative estimate of drug-likeness (QED) is 0.835. The summed E-state index contributed by atoms with van der Waals surface area (Å²) in [4.78, 5) is 0.182. The van der Waals surface area contributed by atoms with Gasteiger partial charge in [0.2, 0.25) is 10.0 Å². The molecule has 1 aliphatic heterocycles. The van der Waals surface area contributed by atoms with Crippen LogP contribution in [0.4, 0.5) is 0 Å². The number of ether oxygens (including phenoxy) is 2. The molecule has 2 aromatic rings. The fourth-order valence-corrected chi connectivity index (χ4v) is 4.52. The van der Waals surface area contributed by atoms with E-state index in [2.05, 4.69) is 4.72 Å². The third-order valence-corrected chi connectivity index (χ3v) is 6.32. The van der Waals surface area contributed by atoms with Crippen LogP contribution in [0.5, 0.6) is 11.5 Å². The smallest absolute Gasteiger partial charge is 0.241 e. The van der Waals surface area contributed by atoms with Crippen molar-refractivity contribution in [2.45, 2.75) is 30.2 Å². The van der Waals surface area contributed by atoms with E-state index < -0.39 is 10.0 Å². The summed E-state index contributed by atoms with van der Waals surface area (Å²) in [7, 11) is -3.69. The van der Waals surface area contributed by atoms with Gasteiger partial charge >= 0.3 is 0 Å². The Morgan fingerprint density at radius 1 is 1.00 bits per heavy atom. The minimum absolute atomic E-state index is 0.182. The number of rotatable bonds is 5. The van der Waals surface area contributed by atoms with Crippen LogP contribution in [0, 0.1) is 5.92 Å². The average molecular weight is 394 g/mol. The lowest BCUT2D eigenvalue weighted by atomic mass is 10.0. The molecule has 2 aromatic carbocycles. The maximum absolute atomic E-state index is 13.0.